The lowest BCUT2D eigenvalue weighted by Gasteiger charge is -2.20. The van der Waals surface area contributed by atoms with Gasteiger partial charge in [0.2, 0.25) is 0 Å². The van der Waals surface area contributed by atoms with Gasteiger partial charge in [-0.05, 0) is 33.6 Å². The molecule has 0 aliphatic rings. The maximum Gasteiger partial charge on any atom is 0.306 e. The van der Waals surface area contributed by atoms with Gasteiger partial charge in [-0.15, -0.1) is 11.6 Å². The Morgan fingerprint density at radius 3 is 2.22 bits per heavy atom. The molecule has 108 valence electrons. The number of ether oxygens (including phenoxy) is 1. The van der Waals surface area contributed by atoms with Crippen molar-refractivity contribution in [3.8, 4) is 0 Å². The summed E-state index contributed by atoms with van der Waals surface area (Å²) in [5, 5.41) is 0. The first kappa shape index (κ1) is 17.7. The van der Waals surface area contributed by atoms with Crippen molar-refractivity contribution in [2.75, 3.05) is 12.1 Å². The normalized spacial score (nSPS) is 14.3. The average Bonchev–Trinajstić information content (AvgIpc) is 2.09. The first-order chi connectivity index (χ1) is 8.03. The summed E-state index contributed by atoms with van der Waals surface area (Å²) in [5.74, 6) is -0.103. The van der Waals surface area contributed by atoms with Gasteiger partial charge in [0.15, 0.2) is 0 Å². The zero-order chi connectivity index (χ0) is 14.4. The summed E-state index contributed by atoms with van der Waals surface area (Å²) in [6.45, 7) is 5.32. The molecule has 0 amide bonds. The predicted octanol–water partition coefficient (Wildman–Crippen LogP) is 2.08. The summed E-state index contributed by atoms with van der Waals surface area (Å²) in [6, 6.07) is 0. The molecule has 0 aromatic rings. The Morgan fingerprint density at radius 1 is 1.28 bits per heavy atom. The monoisotopic (exact) mass is 300 g/mol. The van der Waals surface area contributed by atoms with Gasteiger partial charge in [0.25, 0.3) is 10.1 Å². The number of alkyl halides is 1. The van der Waals surface area contributed by atoms with Crippen molar-refractivity contribution in [2.45, 2.75) is 51.7 Å². The van der Waals surface area contributed by atoms with Crippen LogP contribution in [0.25, 0.3) is 0 Å². The Morgan fingerprint density at radius 2 is 1.83 bits per heavy atom. The summed E-state index contributed by atoms with van der Waals surface area (Å²) in [5.41, 5.74) is -0.545. The van der Waals surface area contributed by atoms with E-state index in [1.54, 1.807) is 20.8 Å². The maximum absolute atomic E-state index is 11.5. The van der Waals surface area contributed by atoms with Crippen LogP contribution in [0.15, 0.2) is 0 Å². The van der Waals surface area contributed by atoms with E-state index in [-0.39, 0.29) is 24.7 Å². The van der Waals surface area contributed by atoms with Crippen LogP contribution in [0, 0.1) is 0 Å². The predicted molar refractivity (Wildman–Crippen MR) is 70.1 cm³/mol. The van der Waals surface area contributed by atoms with E-state index in [9.17, 15) is 13.2 Å². The van der Waals surface area contributed by atoms with Gasteiger partial charge in [0.1, 0.15) is 5.60 Å². The lowest BCUT2D eigenvalue weighted by Crippen LogP contribution is -2.25. The molecule has 0 N–H and O–H groups in total. The molecule has 0 heterocycles. The number of hydrogen-bond donors (Lipinski definition) is 0. The van der Waals surface area contributed by atoms with E-state index >= 15 is 0 Å². The highest BCUT2D eigenvalue weighted by molar-refractivity contribution is 7.86. The number of carbonyl (C=O) groups excluding carboxylic acids is 1. The Hall–Kier alpha value is -0.330. The number of esters is 1. The third kappa shape index (κ3) is 10.8. The zero-order valence-corrected chi connectivity index (χ0v) is 12.8. The fraction of sp³-hybridized carbons (Fsp3) is 0.909. The van der Waals surface area contributed by atoms with Crippen LogP contribution in [0.1, 0.15) is 40.0 Å². The van der Waals surface area contributed by atoms with Crippen molar-refractivity contribution in [3.05, 3.63) is 0 Å². The highest BCUT2D eigenvalue weighted by Crippen LogP contribution is 2.14. The Bertz CT molecular complexity index is 358. The van der Waals surface area contributed by atoms with Gasteiger partial charge < -0.3 is 4.74 Å². The van der Waals surface area contributed by atoms with E-state index in [4.69, 9.17) is 20.5 Å². The molecule has 0 radical (unpaired) electrons. The van der Waals surface area contributed by atoms with Crippen LogP contribution in [0.5, 0.6) is 0 Å². The third-order valence-electron chi connectivity index (χ3n) is 1.83. The fourth-order valence-corrected chi connectivity index (χ4v) is 2.21. The number of carbonyl (C=O) groups is 1. The van der Waals surface area contributed by atoms with Crippen molar-refractivity contribution >= 4 is 27.7 Å². The van der Waals surface area contributed by atoms with Gasteiger partial charge in [-0.3, -0.25) is 8.98 Å². The minimum atomic E-state index is -3.54. The minimum absolute atomic E-state index is 0.106. The van der Waals surface area contributed by atoms with Crippen molar-refractivity contribution < 1.29 is 22.1 Å². The first-order valence-electron chi connectivity index (χ1n) is 5.69. The molecule has 0 aliphatic heterocycles. The third-order valence-corrected chi connectivity index (χ3v) is 2.67. The van der Waals surface area contributed by atoms with Crippen LogP contribution in [-0.2, 0) is 23.8 Å². The highest BCUT2D eigenvalue weighted by Gasteiger charge is 2.20. The van der Waals surface area contributed by atoms with Crippen LogP contribution < -0.4 is 0 Å². The zero-order valence-electron chi connectivity index (χ0n) is 11.2. The van der Waals surface area contributed by atoms with Crippen LogP contribution in [0.2, 0.25) is 0 Å². The van der Waals surface area contributed by atoms with Gasteiger partial charge in [0, 0.05) is 12.3 Å². The fourth-order valence-electron chi connectivity index (χ4n) is 1.28. The molecule has 0 aromatic carbocycles. The number of halogens is 1. The minimum Gasteiger partial charge on any atom is -0.460 e. The maximum atomic E-state index is 11.5. The van der Waals surface area contributed by atoms with Crippen molar-refractivity contribution in [1.82, 2.24) is 0 Å². The number of hydrogen-bond acceptors (Lipinski definition) is 5. The Kier molecular flexibility index (Phi) is 7.17. The van der Waals surface area contributed by atoms with Gasteiger partial charge in [-0.1, -0.05) is 0 Å². The van der Waals surface area contributed by atoms with E-state index in [2.05, 4.69) is 0 Å². The molecule has 0 aromatic heterocycles. The van der Waals surface area contributed by atoms with E-state index in [0.717, 1.165) is 6.26 Å². The van der Waals surface area contributed by atoms with Crippen molar-refractivity contribution in [1.29, 1.82) is 0 Å². The molecule has 1 atom stereocenters. The molecule has 0 rings (SSSR count). The molecule has 0 bridgehead atoms. The smallest absolute Gasteiger partial charge is 0.306 e. The topological polar surface area (TPSA) is 69.7 Å². The summed E-state index contributed by atoms with van der Waals surface area (Å²) < 4.78 is 32.0. The average molecular weight is 301 g/mol. The van der Waals surface area contributed by atoms with E-state index < -0.39 is 21.8 Å². The highest BCUT2D eigenvalue weighted by atomic mass is 35.5. The van der Waals surface area contributed by atoms with Crippen LogP contribution >= 0.6 is 11.6 Å². The summed E-state index contributed by atoms with van der Waals surface area (Å²) in [7, 11) is -3.54. The second-order valence-corrected chi connectivity index (χ2v) is 7.00. The van der Waals surface area contributed by atoms with E-state index in [0.29, 0.717) is 6.42 Å². The molecule has 0 saturated carbocycles. The quantitative estimate of drug-likeness (QED) is 0.409. The molecule has 5 nitrogen and oxygen atoms in total. The Balaban J connectivity index is 4.23. The second-order valence-electron chi connectivity index (χ2n) is 5.03. The molecule has 0 unspecified atom stereocenters. The summed E-state index contributed by atoms with van der Waals surface area (Å²) in [4.78, 5) is 11.5. The molecular formula is C11H21ClO5S. The van der Waals surface area contributed by atoms with Crippen molar-refractivity contribution in [2.24, 2.45) is 0 Å². The largest absolute Gasteiger partial charge is 0.460 e. The molecule has 0 spiro atoms. The van der Waals surface area contributed by atoms with Gasteiger partial charge in [-0.2, -0.15) is 8.42 Å². The van der Waals surface area contributed by atoms with E-state index in [1.165, 1.54) is 0 Å². The lowest BCUT2D eigenvalue weighted by molar-refractivity contribution is -0.155. The molecule has 0 saturated heterocycles. The van der Waals surface area contributed by atoms with E-state index in [1.807, 2.05) is 0 Å². The molecule has 7 heteroatoms. The van der Waals surface area contributed by atoms with Crippen LogP contribution in [-0.4, -0.2) is 38.2 Å². The van der Waals surface area contributed by atoms with Gasteiger partial charge >= 0.3 is 5.97 Å². The number of rotatable bonds is 7. The lowest BCUT2D eigenvalue weighted by atomic mass is 10.1. The summed E-state index contributed by atoms with van der Waals surface area (Å²) >= 11 is 5.56. The molecular weight excluding hydrogens is 280 g/mol. The molecule has 18 heavy (non-hydrogen) atoms. The second kappa shape index (κ2) is 7.31. The van der Waals surface area contributed by atoms with Crippen LogP contribution in [0.3, 0.4) is 0 Å². The molecule has 0 aliphatic carbocycles. The van der Waals surface area contributed by atoms with Gasteiger partial charge in [-0.25, -0.2) is 0 Å². The SMILES string of the molecule is CC(C)(C)OC(=O)CC[C@@H](CCCl)OS(C)(=O)=O. The molecule has 0 fully saturated rings. The standard InChI is InChI=1S/C11H21ClO5S/c1-11(2,3)16-10(13)6-5-9(7-8-12)17-18(4,14)15/h9H,5-8H2,1-4H3/t9-/m0/s1. The van der Waals surface area contributed by atoms with Gasteiger partial charge in [0.05, 0.1) is 12.4 Å². The Labute approximate surface area is 114 Å². The van der Waals surface area contributed by atoms with Crippen molar-refractivity contribution in [3.63, 3.8) is 0 Å². The van der Waals surface area contributed by atoms with Crippen LogP contribution in [0.4, 0.5) is 0 Å². The first-order valence-corrected chi connectivity index (χ1v) is 8.04. The summed E-state index contributed by atoms with van der Waals surface area (Å²) in [6.07, 6.45) is 1.15.